The van der Waals surface area contributed by atoms with Gasteiger partial charge in [-0.15, -0.1) is 11.8 Å². The van der Waals surface area contributed by atoms with Crippen LogP contribution in [0.5, 0.6) is 0 Å². The first-order valence-corrected chi connectivity index (χ1v) is 12.5. The topological polar surface area (TPSA) is 129 Å². The highest BCUT2D eigenvalue weighted by Gasteiger charge is 2.41. The van der Waals surface area contributed by atoms with Crippen LogP contribution in [0.2, 0.25) is 0 Å². The van der Waals surface area contributed by atoms with E-state index in [2.05, 4.69) is 11.2 Å². The Morgan fingerprint density at radius 3 is 2.25 bits per heavy atom. The summed E-state index contributed by atoms with van der Waals surface area (Å²) < 4.78 is 19.0. The van der Waals surface area contributed by atoms with Gasteiger partial charge in [0.2, 0.25) is 0 Å². The van der Waals surface area contributed by atoms with E-state index in [-0.39, 0.29) is 24.4 Å². The Morgan fingerprint density at radius 1 is 1.11 bits per heavy atom. The number of rotatable bonds is 7. The van der Waals surface area contributed by atoms with E-state index in [0.717, 1.165) is 11.1 Å². The molecule has 0 amide bonds. The number of carbonyl (C=O) groups is 2. The maximum absolute atomic E-state index is 12.8. The van der Waals surface area contributed by atoms with Gasteiger partial charge in [-0.2, -0.15) is 10.4 Å². The van der Waals surface area contributed by atoms with Crippen molar-refractivity contribution in [2.24, 2.45) is 0 Å². The summed E-state index contributed by atoms with van der Waals surface area (Å²) in [5.74, 6) is -0.930. The zero-order chi connectivity index (χ0) is 25.8. The molecule has 3 atom stereocenters. The second-order valence-electron chi connectivity index (χ2n) is 8.47. The summed E-state index contributed by atoms with van der Waals surface area (Å²) in [7, 11) is 0. The number of benzene rings is 2. The molecule has 0 aliphatic carbocycles. The average Bonchev–Trinajstić information content (AvgIpc) is 3.42. The molecule has 4 rings (SSSR count). The normalized spacial score (nSPS) is 19.0. The number of nitrogen functional groups attached to an aromatic ring is 1. The van der Waals surface area contributed by atoms with Gasteiger partial charge in [0.1, 0.15) is 35.5 Å². The summed E-state index contributed by atoms with van der Waals surface area (Å²) in [6, 6.07) is 16.1. The fourth-order valence-corrected chi connectivity index (χ4v) is 4.58. The monoisotopic (exact) mass is 506 g/mol. The molecule has 186 valence electrons. The molecule has 9 nitrogen and oxygen atoms in total. The lowest BCUT2D eigenvalue weighted by Gasteiger charge is -2.19. The third kappa shape index (κ3) is 5.37. The van der Waals surface area contributed by atoms with Gasteiger partial charge in [-0.1, -0.05) is 35.4 Å². The minimum atomic E-state index is -0.746. The van der Waals surface area contributed by atoms with Crippen molar-refractivity contribution in [3.63, 3.8) is 0 Å². The van der Waals surface area contributed by atoms with Gasteiger partial charge >= 0.3 is 11.9 Å². The molecule has 0 radical (unpaired) electrons. The Morgan fingerprint density at radius 2 is 1.69 bits per heavy atom. The number of carbonyl (C=O) groups excluding carboxylic acids is 2. The highest BCUT2D eigenvalue weighted by atomic mass is 32.2. The zero-order valence-corrected chi connectivity index (χ0v) is 21.0. The molecule has 0 saturated carbocycles. The van der Waals surface area contributed by atoms with Crippen molar-refractivity contribution in [3.05, 3.63) is 76.3 Å². The maximum atomic E-state index is 12.8. The van der Waals surface area contributed by atoms with E-state index in [1.165, 1.54) is 16.4 Å². The molecular weight excluding hydrogens is 480 g/mol. The molecule has 1 aliphatic heterocycles. The van der Waals surface area contributed by atoms with Crippen molar-refractivity contribution in [1.29, 1.82) is 5.26 Å². The lowest BCUT2D eigenvalue weighted by molar-refractivity contribution is -0.0620. The van der Waals surface area contributed by atoms with E-state index in [9.17, 15) is 14.9 Å². The SMILES string of the molecule is CSc1c(C#N)c(N)nn1[C@@H]1C[C@H](OC(=O)c2ccc(C)cc2)[C@H](COC(=O)c2ccc(C)cc2)O1. The van der Waals surface area contributed by atoms with E-state index in [1.807, 2.05) is 38.1 Å². The first-order chi connectivity index (χ1) is 17.3. The first-order valence-electron chi connectivity index (χ1n) is 11.3. The zero-order valence-electron chi connectivity index (χ0n) is 20.1. The highest BCUT2D eigenvalue weighted by Crippen LogP contribution is 2.36. The lowest BCUT2D eigenvalue weighted by atomic mass is 10.1. The molecular formula is C26H26N4O5S. The van der Waals surface area contributed by atoms with Gasteiger partial charge in [0, 0.05) is 6.42 Å². The van der Waals surface area contributed by atoms with E-state index in [1.54, 1.807) is 30.5 Å². The quantitative estimate of drug-likeness (QED) is 0.373. The standard InChI is InChI=1S/C26H26N4O5S/c1-15-4-8-17(9-5-15)25(31)33-14-21-20(35-26(32)18-10-6-16(2)7-11-18)12-22(34-21)30-24(36-3)19(13-27)23(28)29-30/h4-11,20-22H,12,14H2,1-3H3,(H2,28,29)/t20-,21-,22-/m0/s1. The van der Waals surface area contributed by atoms with Gasteiger partial charge in [-0.05, 0) is 44.4 Å². The minimum Gasteiger partial charge on any atom is -0.459 e. The van der Waals surface area contributed by atoms with Crippen LogP contribution in [0.25, 0.3) is 0 Å². The average molecular weight is 507 g/mol. The molecule has 1 fully saturated rings. The van der Waals surface area contributed by atoms with Gasteiger partial charge in [0.15, 0.2) is 12.0 Å². The van der Waals surface area contributed by atoms with Gasteiger partial charge in [0.25, 0.3) is 0 Å². The second kappa shape index (κ2) is 10.8. The smallest absolute Gasteiger partial charge is 0.338 e. The number of hydrogen-bond donors (Lipinski definition) is 1. The van der Waals surface area contributed by atoms with Crippen molar-refractivity contribution in [3.8, 4) is 6.07 Å². The summed E-state index contributed by atoms with van der Waals surface area (Å²) >= 11 is 1.31. The van der Waals surface area contributed by atoms with E-state index < -0.39 is 30.4 Å². The summed E-state index contributed by atoms with van der Waals surface area (Å²) in [6.07, 6.45) is -0.0944. The number of nitrogens with zero attached hydrogens (tertiary/aromatic N) is 3. The molecule has 2 N–H and O–H groups in total. The number of ether oxygens (including phenoxy) is 3. The van der Waals surface area contributed by atoms with Crippen LogP contribution in [0.3, 0.4) is 0 Å². The van der Waals surface area contributed by atoms with E-state index in [4.69, 9.17) is 19.9 Å². The van der Waals surface area contributed by atoms with Crippen molar-refractivity contribution < 1.29 is 23.8 Å². The molecule has 1 aromatic heterocycles. The largest absolute Gasteiger partial charge is 0.459 e. The molecule has 0 bridgehead atoms. The number of thioether (sulfide) groups is 1. The Bertz CT molecular complexity index is 1300. The third-order valence-electron chi connectivity index (χ3n) is 5.86. The molecule has 2 heterocycles. The number of hydrogen-bond acceptors (Lipinski definition) is 9. The van der Waals surface area contributed by atoms with Crippen molar-refractivity contribution in [2.75, 3.05) is 18.6 Å². The Kier molecular flexibility index (Phi) is 7.62. The van der Waals surface area contributed by atoms with Crippen LogP contribution in [0.1, 0.15) is 50.1 Å². The molecule has 3 aromatic rings. The van der Waals surface area contributed by atoms with Crippen molar-refractivity contribution in [2.45, 2.75) is 43.7 Å². The van der Waals surface area contributed by atoms with E-state index >= 15 is 0 Å². The predicted molar refractivity (Wildman–Crippen MR) is 134 cm³/mol. The van der Waals surface area contributed by atoms with Gasteiger partial charge in [-0.25, -0.2) is 14.3 Å². The molecule has 0 spiro atoms. The molecule has 1 saturated heterocycles. The van der Waals surface area contributed by atoms with Gasteiger partial charge < -0.3 is 19.9 Å². The Hall–Kier alpha value is -3.81. The maximum Gasteiger partial charge on any atom is 0.338 e. The summed E-state index contributed by atoms with van der Waals surface area (Å²) in [5, 5.41) is 14.3. The van der Waals surface area contributed by atoms with Crippen LogP contribution < -0.4 is 5.73 Å². The number of aromatic nitrogens is 2. The van der Waals surface area contributed by atoms with Crippen LogP contribution in [0.15, 0.2) is 53.6 Å². The van der Waals surface area contributed by atoms with Crippen molar-refractivity contribution >= 4 is 29.5 Å². The lowest BCUT2D eigenvalue weighted by Crippen LogP contribution is -2.32. The fraction of sp³-hybridized carbons (Fsp3) is 0.308. The molecule has 36 heavy (non-hydrogen) atoms. The summed E-state index contributed by atoms with van der Waals surface area (Å²) in [6.45, 7) is 3.72. The van der Waals surface area contributed by atoms with Crippen LogP contribution in [0.4, 0.5) is 5.82 Å². The number of nitrogens with two attached hydrogens (primary N) is 1. The fourth-order valence-electron chi connectivity index (χ4n) is 3.88. The molecule has 1 aliphatic rings. The Labute approximate surface area is 213 Å². The first kappa shape index (κ1) is 25.3. The summed E-state index contributed by atoms with van der Waals surface area (Å²) in [5.41, 5.74) is 9.04. The van der Waals surface area contributed by atoms with Crippen LogP contribution in [-0.2, 0) is 14.2 Å². The number of anilines is 1. The van der Waals surface area contributed by atoms with Crippen LogP contribution in [0, 0.1) is 25.2 Å². The van der Waals surface area contributed by atoms with Gasteiger partial charge in [-0.3, -0.25) is 0 Å². The van der Waals surface area contributed by atoms with Crippen LogP contribution >= 0.6 is 11.8 Å². The van der Waals surface area contributed by atoms with Crippen molar-refractivity contribution in [1.82, 2.24) is 9.78 Å². The minimum absolute atomic E-state index is 0.0906. The third-order valence-corrected chi connectivity index (χ3v) is 6.64. The molecule has 0 unspecified atom stereocenters. The van der Waals surface area contributed by atoms with Gasteiger partial charge in [0.05, 0.1) is 11.1 Å². The van der Waals surface area contributed by atoms with Crippen LogP contribution in [-0.4, -0.2) is 46.8 Å². The number of nitriles is 1. The highest BCUT2D eigenvalue weighted by molar-refractivity contribution is 7.98. The number of esters is 2. The molecule has 2 aromatic carbocycles. The number of aryl methyl sites for hydroxylation is 2. The van der Waals surface area contributed by atoms with E-state index in [0.29, 0.717) is 16.2 Å². The predicted octanol–water partition coefficient (Wildman–Crippen LogP) is 4.05. The molecule has 10 heteroatoms. The Balaban J connectivity index is 1.54. The second-order valence-corrected chi connectivity index (χ2v) is 9.26. The summed E-state index contributed by atoms with van der Waals surface area (Å²) in [4.78, 5) is 25.4.